The average Bonchev–Trinajstić information content (AvgIpc) is 3.72. The summed E-state index contributed by atoms with van der Waals surface area (Å²) in [6.45, 7) is 15.6. The highest BCUT2D eigenvalue weighted by Crippen LogP contribution is 2.47. The van der Waals surface area contributed by atoms with Crippen molar-refractivity contribution in [3.8, 4) is 5.75 Å². The van der Waals surface area contributed by atoms with Gasteiger partial charge in [0, 0.05) is 59.6 Å². The molecule has 0 spiro atoms. The number of Topliss-reactive ketones (excluding diaryl/α,β-unsaturated/α-hetero) is 1. The Morgan fingerprint density at radius 3 is 2.07 bits per heavy atom. The van der Waals surface area contributed by atoms with E-state index in [1.807, 2.05) is 20.8 Å². The van der Waals surface area contributed by atoms with Crippen LogP contribution in [0.1, 0.15) is 79.1 Å². The molecule has 22 heteroatoms. The molecule has 0 aliphatic carbocycles. The lowest BCUT2D eigenvalue weighted by atomic mass is 9.70. The van der Waals surface area contributed by atoms with E-state index in [9.17, 15) is 50.1 Å². The van der Waals surface area contributed by atoms with Crippen LogP contribution < -0.4 is 10.9 Å². The molecule has 1 aromatic heterocycles. The summed E-state index contributed by atoms with van der Waals surface area (Å²) in [4.78, 5) is 39.4. The fourth-order valence-electron chi connectivity index (χ4n) is 11.0. The third-order valence-electron chi connectivity index (χ3n) is 15.8. The summed E-state index contributed by atoms with van der Waals surface area (Å²) in [5.41, 5.74) is -1.14. The Balaban J connectivity index is 1.24. The Morgan fingerprint density at radius 2 is 1.44 bits per heavy atom. The second-order valence-corrected chi connectivity index (χ2v) is 21.7. The zero-order valence-electron chi connectivity index (χ0n) is 48.9. The van der Waals surface area contributed by atoms with Gasteiger partial charge in [-0.15, -0.1) is 0 Å². The zero-order valence-corrected chi connectivity index (χ0v) is 48.9. The topological polar surface area (TPSA) is 302 Å². The summed E-state index contributed by atoms with van der Waals surface area (Å²) in [6, 6.07) is 1.27. The number of ketones is 1. The van der Waals surface area contributed by atoms with E-state index in [0.717, 1.165) is 5.57 Å². The van der Waals surface area contributed by atoms with Crippen molar-refractivity contribution in [2.75, 3.05) is 35.0 Å². The first-order valence-corrected chi connectivity index (χ1v) is 27.4. The number of carbonyl (C=O) groups is 2. The smallest absolute Gasteiger partial charge is 0.265 e. The molecule has 21 atom stereocenters. The van der Waals surface area contributed by atoms with Crippen LogP contribution in [-0.4, -0.2) is 203 Å². The lowest BCUT2D eigenvalue weighted by Gasteiger charge is -2.55. The van der Waals surface area contributed by atoms with E-state index in [1.54, 1.807) is 101 Å². The van der Waals surface area contributed by atoms with Gasteiger partial charge in [0.25, 0.3) is 5.56 Å². The Hall–Kier alpha value is -4.57. The van der Waals surface area contributed by atoms with Gasteiger partial charge in [-0.1, -0.05) is 101 Å². The van der Waals surface area contributed by atoms with Crippen LogP contribution in [0, 0.1) is 17.3 Å². The van der Waals surface area contributed by atoms with Gasteiger partial charge < -0.3 is 93.0 Å². The van der Waals surface area contributed by atoms with Crippen molar-refractivity contribution in [2.24, 2.45) is 24.3 Å². The van der Waals surface area contributed by atoms with Crippen LogP contribution in [-0.2, 0) is 59.2 Å². The maximum Gasteiger partial charge on any atom is 0.265 e. The number of nitrogens with zero attached hydrogens (tertiary/aromatic N) is 1. The summed E-state index contributed by atoms with van der Waals surface area (Å²) >= 11 is 0. The molecule has 1 aromatic rings. The molecule has 5 rings (SSSR count). The number of carbonyl (C=O) groups excluding carboxylic acids is 2. The fraction of sp³-hybridized carbons (Fsp3) is 0.644. The van der Waals surface area contributed by atoms with Gasteiger partial charge in [0.2, 0.25) is 11.7 Å². The molecule has 0 saturated carbocycles. The monoisotopic (exact) mass is 1140 g/mol. The van der Waals surface area contributed by atoms with Crippen molar-refractivity contribution in [1.29, 1.82) is 0 Å². The van der Waals surface area contributed by atoms with Crippen LogP contribution in [0.25, 0.3) is 0 Å². The highest BCUT2D eigenvalue weighted by Gasteiger charge is 2.63. The molecular weight excluding hydrogens is 1060 g/mol. The van der Waals surface area contributed by atoms with E-state index in [1.165, 1.54) is 65.3 Å². The molecule has 454 valence electrons. The maximum atomic E-state index is 14.1. The van der Waals surface area contributed by atoms with Gasteiger partial charge in [0.05, 0.1) is 42.5 Å². The Bertz CT molecular complexity index is 2520. The molecule has 4 aliphatic rings. The van der Waals surface area contributed by atoms with Crippen LogP contribution in [0.2, 0.25) is 0 Å². The van der Waals surface area contributed by atoms with E-state index in [0.29, 0.717) is 0 Å². The third-order valence-corrected chi connectivity index (χ3v) is 15.8. The molecule has 81 heavy (non-hydrogen) atoms. The predicted molar refractivity (Wildman–Crippen MR) is 296 cm³/mol. The maximum absolute atomic E-state index is 14.1. The molecule has 4 saturated heterocycles. The highest BCUT2D eigenvalue weighted by molar-refractivity contribution is 6.09. The minimum absolute atomic E-state index is 0.000641. The summed E-state index contributed by atoms with van der Waals surface area (Å²) in [6.07, 6.45) is 1.89. The number of hydrogen-bond donors (Lipinski definition) is 8. The van der Waals surface area contributed by atoms with Crippen LogP contribution in [0.4, 0.5) is 0 Å². The van der Waals surface area contributed by atoms with Gasteiger partial charge in [-0.25, -0.2) is 0 Å². The molecule has 1 amide bonds. The minimum atomic E-state index is -2.53. The number of aliphatic hydroxyl groups excluding tert-OH is 5. The van der Waals surface area contributed by atoms with Crippen molar-refractivity contribution in [1.82, 2.24) is 9.88 Å². The number of nitrogens with one attached hydrogen (secondary N) is 1. The molecule has 4 aliphatic heterocycles. The van der Waals surface area contributed by atoms with Crippen LogP contribution in [0.3, 0.4) is 0 Å². The number of pyridine rings is 1. The summed E-state index contributed by atoms with van der Waals surface area (Å²) in [7, 11) is 7.22. The van der Waals surface area contributed by atoms with E-state index < -0.39 is 156 Å². The quantitative estimate of drug-likeness (QED) is 0.0419. The van der Waals surface area contributed by atoms with Crippen molar-refractivity contribution in [3.63, 3.8) is 0 Å². The molecule has 10 unspecified atom stereocenters. The number of methoxy groups -OCH3 is 4. The van der Waals surface area contributed by atoms with Gasteiger partial charge in [-0.2, -0.15) is 0 Å². The van der Waals surface area contributed by atoms with Crippen LogP contribution in [0.5, 0.6) is 5.75 Å². The van der Waals surface area contributed by atoms with E-state index in [2.05, 4.69) is 5.32 Å². The van der Waals surface area contributed by atoms with Crippen LogP contribution >= 0.6 is 0 Å². The molecule has 0 radical (unpaired) electrons. The van der Waals surface area contributed by atoms with E-state index >= 15 is 0 Å². The lowest BCUT2D eigenvalue weighted by molar-refractivity contribution is -0.399. The standard InChI is InChI=1S/C59H88N2O20/c1-15-17-19-27-39-58(8,9)53(80-56-45(67)50(74-13)49(35(7)76-56)79-57-51(75-14)44(66)48(73-12)34(6)77-57)52(68)59(71,81-39)36(16-2)54(69)60-29-23-22-25-32(4)46(72-11)33(5)47-43(65)42(64)38(78-47)26-21-18-20-24-31(3)41(63)40-37(62)28-30-61(10)55(40)70/h15,17-28,30,33-36,38-39,42-53,56-57,62,64-68,71H,16,29H2,1-14H3,(H,60,69)/b17-15+,20-18+,23-22+,26-21+,27-19+,31-24+,32-25+/t33-,34?,35?,36-,38-,39+,42+,43+,44?,45?,46-,47+,48?,49?,50?,51?,52-,53+,56?,57?,59-/m1/s1. The summed E-state index contributed by atoms with van der Waals surface area (Å²) in [5, 5.41) is 82.6. The first kappa shape index (κ1) is 67.2. The summed E-state index contributed by atoms with van der Waals surface area (Å²) < 4.78 is 61.5. The Morgan fingerprint density at radius 1 is 0.802 bits per heavy atom. The van der Waals surface area contributed by atoms with Crippen molar-refractivity contribution in [2.45, 2.75) is 185 Å². The number of ether oxygens (including phenoxy) is 10. The fourth-order valence-corrected chi connectivity index (χ4v) is 11.0. The molecule has 0 aromatic carbocycles. The number of amides is 1. The lowest BCUT2D eigenvalue weighted by Crippen LogP contribution is -2.71. The minimum Gasteiger partial charge on any atom is -0.507 e. The largest absolute Gasteiger partial charge is 0.507 e. The van der Waals surface area contributed by atoms with E-state index in [4.69, 9.17) is 47.4 Å². The molecular formula is C59H88N2O20. The molecule has 22 nitrogen and oxygen atoms in total. The van der Waals surface area contributed by atoms with E-state index in [-0.39, 0.29) is 24.1 Å². The first-order valence-electron chi connectivity index (χ1n) is 27.4. The first-order chi connectivity index (χ1) is 38.3. The predicted octanol–water partition coefficient (Wildman–Crippen LogP) is 2.75. The SMILES string of the molecule is C/C=C/C=C/[C@@H]1O[C@](O)([C@H](CC)C(=O)NC/C=C/C=C(\C)[C@@H](OC)[C@@H](C)[C@@H]2O[C@H](/C=C/C=C/C=C(\C)C(=O)c3c(O)ccn(C)c3=O)[C@H](O)[C@@H]2O)[C@H](O)[C@H](OC2OC(C)C(OC3OC(C)C(OC)C(O)C3OC)C(OC)C2O)C1(C)C. The van der Waals surface area contributed by atoms with Gasteiger partial charge in [0.15, 0.2) is 18.4 Å². The number of aryl methyl sites for hydroxylation is 1. The highest BCUT2D eigenvalue weighted by atomic mass is 16.8. The number of allylic oxidation sites excluding steroid dienone is 10. The zero-order chi connectivity index (χ0) is 60.3. The number of hydrogen-bond acceptors (Lipinski definition) is 20. The van der Waals surface area contributed by atoms with Crippen LogP contribution in [0.15, 0.2) is 101 Å². The number of aromatic nitrogens is 1. The number of aromatic hydroxyl groups is 1. The number of aliphatic hydroxyl groups is 6. The van der Waals surface area contributed by atoms with Gasteiger partial charge in [-0.05, 0) is 58.3 Å². The molecule has 8 N–H and O–H groups in total. The van der Waals surface area contributed by atoms with Crippen molar-refractivity contribution < 1.29 is 92.7 Å². The molecule has 5 heterocycles. The second kappa shape index (κ2) is 29.8. The molecule has 0 bridgehead atoms. The Kier molecular flexibility index (Phi) is 24.7. The number of rotatable bonds is 24. The Labute approximate surface area is 474 Å². The third kappa shape index (κ3) is 15.0. The van der Waals surface area contributed by atoms with Gasteiger partial charge >= 0.3 is 0 Å². The van der Waals surface area contributed by atoms with Gasteiger partial charge in [-0.3, -0.25) is 14.4 Å². The van der Waals surface area contributed by atoms with Crippen molar-refractivity contribution in [3.05, 3.63) is 112 Å². The van der Waals surface area contributed by atoms with Crippen molar-refractivity contribution >= 4 is 11.7 Å². The molecule has 4 fully saturated rings. The average molecular weight is 1150 g/mol. The summed E-state index contributed by atoms with van der Waals surface area (Å²) in [5.74, 6) is -6.00. The normalized spacial score (nSPS) is 36.3. The van der Waals surface area contributed by atoms with Gasteiger partial charge in [0.1, 0.15) is 72.4 Å². The second-order valence-electron chi connectivity index (χ2n) is 21.7.